The Bertz CT molecular complexity index is 962. The lowest BCUT2D eigenvalue weighted by atomic mass is 10.2. The van der Waals surface area contributed by atoms with Crippen LogP contribution >= 0.6 is 11.6 Å². The van der Waals surface area contributed by atoms with Gasteiger partial charge in [-0.15, -0.1) is 0 Å². The number of anilines is 1. The molecule has 2 rings (SSSR count). The van der Waals surface area contributed by atoms with E-state index in [1.165, 1.54) is 6.07 Å². The number of halogens is 1. The molecule has 0 aromatic heterocycles. The first-order chi connectivity index (χ1) is 13.2. The summed E-state index contributed by atoms with van der Waals surface area (Å²) in [5, 5.41) is 2.98. The summed E-state index contributed by atoms with van der Waals surface area (Å²) in [6, 6.07) is 13.2. The first-order valence-corrected chi connectivity index (χ1v) is 10.7. The Balaban J connectivity index is 2.17. The highest BCUT2D eigenvalue weighted by Gasteiger charge is 2.22. The van der Waals surface area contributed by atoms with E-state index in [4.69, 9.17) is 16.3 Å². The quantitative estimate of drug-likeness (QED) is 0.657. The number of nitrogens with one attached hydrogen (secondary N) is 1. The van der Waals surface area contributed by atoms with Crippen molar-refractivity contribution in [1.82, 2.24) is 4.31 Å². The second-order valence-corrected chi connectivity index (χ2v) is 8.33. The zero-order chi connectivity index (χ0) is 20.7. The van der Waals surface area contributed by atoms with Crippen molar-refractivity contribution >= 4 is 39.2 Å². The number of ether oxygens (including phenoxy) is 1. The van der Waals surface area contributed by atoms with Crippen molar-refractivity contribution in [1.29, 1.82) is 0 Å². The van der Waals surface area contributed by atoms with E-state index >= 15 is 0 Å². The number of para-hydroxylation sites is 1. The molecule has 0 aliphatic rings. The molecule has 0 atom stereocenters. The van der Waals surface area contributed by atoms with Crippen LogP contribution in [0.2, 0.25) is 5.02 Å². The first kappa shape index (κ1) is 21.9. The molecule has 1 N–H and O–H groups in total. The van der Waals surface area contributed by atoms with Crippen molar-refractivity contribution in [2.45, 2.75) is 13.5 Å². The molecule has 2 aromatic carbocycles. The van der Waals surface area contributed by atoms with Gasteiger partial charge >= 0.3 is 5.97 Å². The molecule has 1 amide bonds. The monoisotopic (exact) mass is 424 g/mol. The number of carbonyl (C=O) groups excluding carboxylic acids is 2. The van der Waals surface area contributed by atoms with E-state index in [-0.39, 0.29) is 24.4 Å². The molecular formula is C19H21ClN2O5S. The summed E-state index contributed by atoms with van der Waals surface area (Å²) in [4.78, 5) is 24.5. The molecule has 0 saturated heterocycles. The largest absolute Gasteiger partial charge is 0.462 e. The molecule has 0 heterocycles. The van der Waals surface area contributed by atoms with Gasteiger partial charge in [-0.3, -0.25) is 4.79 Å². The van der Waals surface area contributed by atoms with Gasteiger partial charge in [-0.2, -0.15) is 4.31 Å². The minimum atomic E-state index is -3.68. The van der Waals surface area contributed by atoms with Crippen molar-refractivity contribution in [3.63, 3.8) is 0 Å². The molecule has 28 heavy (non-hydrogen) atoms. The van der Waals surface area contributed by atoms with Crippen molar-refractivity contribution in [2.24, 2.45) is 0 Å². The van der Waals surface area contributed by atoms with Gasteiger partial charge in [0.1, 0.15) is 0 Å². The Kier molecular flexibility index (Phi) is 7.56. The van der Waals surface area contributed by atoms with E-state index in [0.29, 0.717) is 10.6 Å². The number of hydrogen-bond acceptors (Lipinski definition) is 5. The Morgan fingerprint density at radius 3 is 2.39 bits per heavy atom. The molecule has 0 fully saturated rings. The van der Waals surface area contributed by atoms with E-state index in [1.54, 1.807) is 49.4 Å². The number of esters is 1. The maximum atomic E-state index is 12.5. The van der Waals surface area contributed by atoms with Crippen LogP contribution in [0, 0.1) is 0 Å². The van der Waals surface area contributed by atoms with Gasteiger partial charge in [-0.1, -0.05) is 41.9 Å². The molecule has 0 saturated carbocycles. The van der Waals surface area contributed by atoms with E-state index in [1.807, 2.05) is 0 Å². The fourth-order valence-electron chi connectivity index (χ4n) is 2.44. The Hall–Kier alpha value is -2.42. The number of carbonyl (C=O) groups is 2. The van der Waals surface area contributed by atoms with Gasteiger partial charge in [0, 0.05) is 11.6 Å². The zero-order valence-electron chi connectivity index (χ0n) is 15.5. The lowest BCUT2D eigenvalue weighted by molar-refractivity contribution is -0.116. The fourth-order valence-corrected chi connectivity index (χ4v) is 3.36. The second kappa shape index (κ2) is 9.68. The van der Waals surface area contributed by atoms with Crippen LogP contribution in [0.3, 0.4) is 0 Å². The number of nitrogens with zero attached hydrogens (tertiary/aromatic N) is 1. The third-order valence-corrected chi connectivity index (χ3v) is 5.35. The zero-order valence-corrected chi connectivity index (χ0v) is 17.1. The third kappa shape index (κ3) is 6.05. The summed E-state index contributed by atoms with van der Waals surface area (Å²) in [6.45, 7) is 1.39. The highest BCUT2D eigenvalue weighted by Crippen LogP contribution is 2.19. The number of rotatable bonds is 8. The van der Waals surface area contributed by atoms with Gasteiger partial charge in [0.2, 0.25) is 15.9 Å². The standard InChI is InChI=1S/C19H21ClN2O5S/c1-3-27-19(24)15-9-5-7-11-17(15)21-18(23)13-22(28(2,25)26)12-14-8-4-6-10-16(14)20/h4-11H,3,12-13H2,1-2H3,(H,21,23). The summed E-state index contributed by atoms with van der Waals surface area (Å²) in [5.41, 5.74) is 1.01. The van der Waals surface area contributed by atoms with Crippen molar-refractivity contribution < 1.29 is 22.7 Å². The van der Waals surface area contributed by atoms with Crippen molar-refractivity contribution in [2.75, 3.05) is 24.7 Å². The molecule has 0 unspecified atom stereocenters. The van der Waals surface area contributed by atoms with E-state index in [2.05, 4.69) is 5.32 Å². The summed E-state index contributed by atoms with van der Waals surface area (Å²) in [6.07, 6.45) is 1.02. The van der Waals surface area contributed by atoms with Crippen LogP contribution in [-0.2, 0) is 26.1 Å². The summed E-state index contributed by atoms with van der Waals surface area (Å²) >= 11 is 6.10. The van der Waals surface area contributed by atoms with Gasteiger partial charge in [-0.05, 0) is 30.7 Å². The van der Waals surface area contributed by atoms with Crippen molar-refractivity contribution in [3.05, 3.63) is 64.7 Å². The molecule has 0 aliphatic heterocycles. The molecule has 9 heteroatoms. The highest BCUT2D eigenvalue weighted by atomic mass is 35.5. The van der Waals surface area contributed by atoms with Gasteiger partial charge < -0.3 is 10.1 Å². The Labute approximate surface area is 169 Å². The molecular weight excluding hydrogens is 404 g/mol. The lowest BCUT2D eigenvalue weighted by Gasteiger charge is -2.20. The molecule has 0 bridgehead atoms. The summed E-state index contributed by atoms with van der Waals surface area (Å²) < 4.78 is 30.2. The normalized spacial score (nSPS) is 11.3. The SMILES string of the molecule is CCOC(=O)c1ccccc1NC(=O)CN(Cc1ccccc1Cl)S(C)(=O)=O. The molecule has 150 valence electrons. The topological polar surface area (TPSA) is 92.8 Å². The first-order valence-electron chi connectivity index (χ1n) is 8.47. The number of amides is 1. The van der Waals surface area contributed by atoms with E-state index in [0.717, 1.165) is 10.6 Å². The van der Waals surface area contributed by atoms with Crippen LogP contribution < -0.4 is 5.32 Å². The van der Waals surface area contributed by atoms with Gasteiger partial charge in [-0.25, -0.2) is 13.2 Å². The maximum absolute atomic E-state index is 12.5. The van der Waals surface area contributed by atoms with Crippen LogP contribution in [0.15, 0.2) is 48.5 Å². The number of benzene rings is 2. The molecule has 0 aliphatic carbocycles. The minimum absolute atomic E-state index is 0.0501. The number of hydrogen-bond donors (Lipinski definition) is 1. The van der Waals surface area contributed by atoms with Crippen LogP contribution in [0.25, 0.3) is 0 Å². The van der Waals surface area contributed by atoms with Crippen molar-refractivity contribution in [3.8, 4) is 0 Å². The third-order valence-electron chi connectivity index (χ3n) is 3.79. The number of sulfonamides is 1. The van der Waals surface area contributed by atoms with E-state index in [9.17, 15) is 18.0 Å². The second-order valence-electron chi connectivity index (χ2n) is 5.94. The molecule has 0 spiro atoms. The average molecular weight is 425 g/mol. The fraction of sp³-hybridized carbons (Fsp3) is 0.263. The van der Waals surface area contributed by atoms with Crippen LogP contribution in [0.4, 0.5) is 5.69 Å². The minimum Gasteiger partial charge on any atom is -0.462 e. The molecule has 7 nitrogen and oxygen atoms in total. The maximum Gasteiger partial charge on any atom is 0.340 e. The van der Waals surface area contributed by atoms with Crippen LogP contribution in [-0.4, -0.2) is 44.0 Å². The van der Waals surface area contributed by atoms with Gasteiger partial charge in [0.25, 0.3) is 0 Å². The van der Waals surface area contributed by atoms with Crippen LogP contribution in [0.5, 0.6) is 0 Å². The van der Waals surface area contributed by atoms with E-state index < -0.39 is 28.4 Å². The van der Waals surface area contributed by atoms with Gasteiger partial charge in [0.05, 0.1) is 30.7 Å². The van der Waals surface area contributed by atoms with Gasteiger partial charge in [0.15, 0.2) is 0 Å². The molecule has 2 aromatic rings. The average Bonchev–Trinajstić information content (AvgIpc) is 2.62. The predicted molar refractivity (Wildman–Crippen MR) is 108 cm³/mol. The smallest absolute Gasteiger partial charge is 0.340 e. The highest BCUT2D eigenvalue weighted by molar-refractivity contribution is 7.88. The Morgan fingerprint density at radius 1 is 1.11 bits per heavy atom. The summed E-state index contributed by atoms with van der Waals surface area (Å²) in [5.74, 6) is -1.16. The van der Waals surface area contributed by atoms with Crippen LogP contribution in [0.1, 0.15) is 22.8 Å². The predicted octanol–water partition coefficient (Wildman–Crippen LogP) is 2.92. The summed E-state index contributed by atoms with van der Waals surface area (Å²) in [7, 11) is -3.68. The Morgan fingerprint density at radius 2 is 1.75 bits per heavy atom. The molecule has 0 radical (unpaired) electrons. The lowest BCUT2D eigenvalue weighted by Crippen LogP contribution is -2.37.